The number of nitrogens with one attached hydrogen (secondary N) is 1. The third-order valence-corrected chi connectivity index (χ3v) is 7.11. The molecule has 0 bridgehead atoms. The Morgan fingerprint density at radius 1 is 1.19 bits per heavy atom. The molecule has 1 aromatic carbocycles. The number of carbonyl (C=O) groups is 2. The first-order valence-electron chi connectivity index (χ1n) is 9.92. The summed E-state index contributed by atoms with van der Waals surface area (Å²) in [6, 6.07) is 10.6. The maximum atomic E-state index is 12.9. The predicted octanol–water partition coefficient (Wildman–Crippen LogP) is 4.91. The molecule has 7 nitrogen and oxygen atoms in total. The molecule has 3 heterocycles. The molecule has 1 amide bonds. The van der Waals surface area contributed by atoms with Crippen molar-refractivity contribution in [2.45, 2.75) is 43.3 Å². The van der Waals surface area contributed by atoms with Gasteiger partial charge in [-0.05, 0) is 50.6 Å². The standard InChI is InChI=1S/C23H21N3O4S2/c1-13-15(3)31-21-19(13)22(26-12-25-21)32-18-9-5-4-8-17(18)23(28)30-14(2)20(27)24-11-16-7-6-10-29-16/h4-10,12,14H,11H2,1-3H3,(H,24,27). The normalized spacial score (nSPS) is 12.0. The van der Waals surface area contributed by atoms with E-state index in [1.807, 2.05) is 19.1 Å². The first-order valence-corrected chi connectivity index (χ1v) is 11.6. The molecule has 9 heteroatoms. The quantitative estimate of drug-likeness (QED) is 0.305. The van der Waals surface area contributed by atoms with E-state index in [1.165, 1.54) is 36.2 Å². The molecule has 0 spiro atoms. The average molecular weight is 468 g/mol. The van der Waals surface area contributed by atoms with E-state index in [2.05, 4.69) is 22.2 Å². The highest BCUT2D eigenvalue weighted by atomic mass is 32.2. The fourth-order valence-corrected chi connectivity index (χ4v) is 5.19. The van der Waals surface area contributed by atoms with Crippen LogP contribution in [-0.2, 0) is 16.1 Å². The van der Waals surface area contributed by atoms with E-state index in [9.17, 15) is 9.59 Å². The second-order valence-corrected chi connectivity index (χ2v) is 9.32. The topological polar surface area (TPSA) is 94.3 Å². The number of esters is 1. The summed E-state index contributed by atoms with van der Waals surface area (Å²) >= 11 is 3.01. The van der Waals surface area contributed by atoms with Crippen molar-refractivity contribution >= 4 is 45.2 Å². The van der Waals surface area contributed by atoms with Gasteiger partial charge in [0.1, 0.15) is 21.9 Å². The SMILES string of the molecule is Cc1sc2ncnc(Sc3ccccc3C(=O)OC(C)C(=O)NCc3ccco3)c2c1C. The van der Waals surface area contributed by atoms with Crippen LogP contribution < -0.4 is 5.32 Å². The zero-order valence-electron chi connectivity index (χ0n) is 17.7. The molecule has 0 radical (unpaired) electrons. The minimum atomic E-state index is -0.956. The molecule has 1 N–H and O–H groups in total. The molecular formula is C23H21N3O4S2. The summed E-state index contributed by atoms with van der Waals surface area (Å²) in [5.41, 5.74) is 1.51. The van der Waals surface area contributed by atoms with Crippen LogP contribution >= 0.6 is 23.1 Å². The second-order valence-electron chi connectivity index (χ2n) is 7.09. The Balaban J connectivity index is 1.50. The highest BCUT2D eigenvalue weighted by Crippen LogP contribution is 2.38. The smallest absolute Gasteiger partial charge is 0.340 e. The largest absolute Gasteiger partial charge is 0.467 e. The van der Waals surface area contributed by atoms with E-state index < -0.39 is 18.0 Å². The highest BCUT2D eigenvalue weighted by Gasteiger charge is 2.22. The monoisotopic (exact) mass is 467 g/mol. The van der Waals surface area contributed by atoms with Gasteiger partial charge in [-0.15, -0.1) is 11.3 Å². The maximum absolute atomic E-state index is 12.9. The summed E-state index contributed by atoms with van der Waals surface area (Å²) in [7, 11) is 0. The lowest BCUT2D eigenvalue weighted by molar-refractivity contribution is -0.129. The van der Waals surface area contributed by atoms with E-state index in [0.717, 1.165) is 20.8 Å². The van der Waals surface area contributed by atoms with Gasteiger partial charge in [0.15, 0.2) is 6.10 Å². The Morgan fingerprint density at radius 3 is 2.78 bits per heavy atom. The lowest BCUT2D eigenvalue weighted by Crippen LogP contribution is -2.35. The lowest BCUT2D eigenvalue weighted by atomic mass is 10.2. The fraction of sp³-hybridized carbons (Fsp3) is 0.217. The number of aromatic nitrogens is 2. The molecule has 0 saturated heterocycles. The van der Waals surface area contributed by atoms with Crippen molar-refractivity contribution in [3.05, 3.63) is 70.8 Å². The number of thiophene rings is 1. The zero-order valence-corrected chi connectivity index (χ0v) is 19.4. The van der Waals surface area contributed by atoms with Gasteiger partial charge >= 0.3 is 5.97 Å². The molecule has 4 rings (SSSR count). The van der Waals surface area contributed by atoms with Crippen molar-refractivity contribution in [2.75, 3.05) is 0 Å². The first kappa shape index (κ1) is 22.0. The molecule has 1 unspecified atom stereocenters. The van der Waals surface area contributed by atoms with E-state index >= 15 is 0 Å². The van der Waals surface area contributed by atoms with Crippen LogP contribution in [0.2, 0.25) is 0 Å². The fourth-order valence-electron chi connectivity index (χ4n) is 3.06. The number of benzene rings is 1. The molecule has 3 aromatic heterocycles. The molecular weight excluding hydrogens is 446 g/mol. The van der Waals surface area contributed by atoms with Crippen LogP contribution in [0.25, 0.3) is 10.2 Å². The van der Waals surface area contributed by atoms with Crippen LogP contribution in [0.15, 0.2) is 63.3 Å². The number of hydrogen-bond acceptors (Lipinski definition) is 8. The van der Waals surface area contributed by atoms with Crippen LogP contribution in [0.1, 0.15) is 33.5 Å². The Hall–Kier alpha value is -3.17. The maximum Gasteiger partial charge on any atom is 0.340 e. The number of aryl methyl sites for hydroxylation is 2. The molecule has 0 fully saturated rings. The minimum absolute atomic E-state index is 0.225. The third-order valence-electron chi connectivity index (χ3n) is 4.91. The number of amides is 1. The van der Waals surface area contributed by atoms with Crippen LogP contribution in [-0.4, -0.2) is 27.9 Å². The van der Waals surface area contributed by atoms with E-state index in [1.54, 1.807) is 35.6 Å². The number of hydrogen-bond donors (Lipinski definition) is 1. The number of fused-ring (bicyclic) bond motifs is 1. The van der Waals surface area contributed by atoms with Gasteiger partial charge in [-0.2, -0.15) is 0 Å². The average Bonchev–Trinajstić information content (AvgIpc) is 3.40. The van der Waals surface area contributed by atoms with Gasteiger partial charge in [0.05, 0.1) is 18.4 Å². The van der Waals surface area contributed by atoms with Crippen molar-refractivity contribution < 1.29 is 18.7 Å². The van der Waals surface area contributed by atoms with Gasteiger partial charge < -0.3 is 14.5 Å². The predicted molar refractivity (Wildman–Crippen MR) is 123 cm³/mol. The number of rotatable bonds is 7. The van der Waals surface area contributed by atoms with Gasteiger partial charge in [-0.3, -0.25) is 4.79 Å². The molecule has 0 aliphatic rings. The highest BCUT2D eigenvalue weighted by molar-refractivity contribution is 7.99. The van der Waals surface area contributed by atoms with E-state index in [0.29, 0.717) is 16.2 Å². The van der Waals surface area contributed by atoms with Crippen molar-refractivity contribution in [3.63, 3.8) is 0 Å². The molecule has 4 aromatic rings. The number of ether oxygens (including phenoxy) is 1. The minimum Gasteiger partial charge on any atom is -0.467 e. The van der Waals surface area contributed by atoms with Crippen LogP contribution in [0, 0.1) is 13.8 Å². The number of nitrogens with zero attached hydrogens (tertiary/aromatic N) is 2. The number of furan rings is 1. The summed E-state index contributed by atoms with van der Waals surface area (Å²) in [6.07, 6.45) is 2.11. The van der Waals surface area contributed by atoms with Crippen molar-refractivity contribution in [2.24, 2.45) is 0 Å². The molecule has 0 aliphatic heterocycles. The van der Waals surface area contributed by atoms with Gasteiger partial charge in [0, 0.05) is 15.2 Å². The van der Waals surface area contributed by atoms with Gasteiger partial charge in [0.2, 0.25) is 0 Å². The Morgan fingerprint density at radius 2 is 2.00 bits per heavy atom. The van der Waals surface area contributed by atoms with Crippen LogP contribution in [0.3, 0.4) is 0 Å². The van der Waals surface area contributed by atoms with Gasteiger partial charge in [-0.1, -0.05) is 23.9 Å². The second kappa shape index (κ2) is 9.54. The summed E-state index contributed by atoms with van der Waals surface area (Å²) in [5, 5.41) is 4.47. The zero-order chi connectivity index (χ0) is 22.7. The van der Waals surface area contributed by atoms with Gasteiger partial charge in [-0.25, -0.2) is 14.8 Å². The molecule has 0 saturated carbocycles. The molecule has 0 aliphatic carbocycles. The summed E-state index contributed by atoms with van der Waals surface area (Å²) < 4.78 is 10.6. The Bertz CT molecular complexity index is 1270. The van der Waals surface area contributed by atoms with Gasteiger partial charge in [0.25, 0.3) is 5.91 Å². The van der Waals surface area contributed by atoms with Crippen LogP contribution in [0.4, 0.5) is 0 Å². The third kappa shape index (κ3) is 4.68. The molecule has 1 atom stereocenters. The molecule has 32 heavy (non-hydrogen) atoms. The van der Waals surface area contributed by atoms with Crippen LogP contribution in [0.5, 0.6) is 0 Å². The van der Waals surface area contributed by atoms with Crippen molar-refractivity contribution in [3.8, 4) is 0 Å². The Labute approximate surface area is 193 Å². The lowest BCUT2D eigenvalue weighted by Gasteiger charge is -2.14. The first-order chi connectivity index (χ1) is 15.4. The summed E-state index contributed by atoms with van der Waals surface area (Å²) in [6.45, 7) is 5.87. The molecule has 164 valence electrons. The summed E-state index contributed by atoms with van der Waals surface area (Å²) in [4.78, 5) is 36.8. The Kier molecular flexibility index (Phi) is 6.57. The van der Waals surface area contributed by atoms with Crippen molar-refractivity contribution in [1.29, 1.82) is 0 Å². The van der Waals surface area contributed by atoms with E-state index in [4.69, 9.17) is 9.15 Å². The van der Waals surface area contributed by atoms with E-state index in [-0.39, 0.29) is 6.54 Å². The number of carbonyl (C=O) groups excluding carboxylic acids is 2. The van der Waals surface area contributed by atoms with Crippen molar-refractivity contribution in [1.82, 2.24) is 15.3 Å². The summed E-state index contributed by atoms with van der Waals surface area (Å²) in [5.74, 6) is -0.354.